The van der Waals surface area contributed by atoms with Gasteiger partial charge in [0.2, 0.25) is 0 Å². The van der Waals surface area contributed by atoms with Gasteiger partial charge in [-0.2, -0.15) is 4.31 Å². The molecule has 2 saturated heterocycles. The molecule has 0 radical (unpaired) electrons. The van der Waals surface area contributed by atoms with Crippen molar-refractivity contribution >= 4 is 15.9 Å². The maximum Gasteiger partial charge on any atom is 0.262 e. The zero-order chi connectivity index (χ0) is 21.5. The molecule has 2 fully saturated rings. The van der Waals surface area contributed by atoms with Crippen molar-refractivity contribution < 1.29 is 17.9 Å². The van der Waals surface area contributed by atoms with Gasteiger partial charge in [-0.25, -0.2) is 13.4 Å². The average Bonchev–Trinajstić information content (AvgIpc) is 3.17. The number of amides is 1. The molecular formula is C21H28N4O4S. The second-order valence-electron chi connectivity index (χ2n) is 8.36. The largest absolute Gasteiger partial charge is 0.372 e. The first kappa shape index (κ1) is 21.0. The van der Waals surface area contributed by atoms with Crippen LogP contribution in [0.1, 0.15) is 34.3 Å². The molecule has 3 heterocycles. The van der Waals surface area contributed by atoms with Crippen LogP contribution in [0.15, 0.2) is 35.7 Å². The number of benzene rings is 1. The van der Waals surface area contributed by atoms with Gasteiger partial charge in [-0.05, 0) is 38.3 Å². The highest BCUT2D eigenvalue weighted by Gasteiger charge is 2.44. The highest BCUT2D eigenvalue weighted by molar-refractivity contribution is 7.89. The summed E-state index contributed by atoms with van der Waals surface area (Å²) in [5, 5.41) is 0.0598. The summed E-state index contributed by atoms with van der Waals surface area (Å²) < 4.78 is 35.1. The van der Waals surface area contributed by atoms with Crippen LogP contribution in [0.3, 0.4) is 0 Å². The van der Waals surface area contributed by atoms with Crippen molar-refractivity contribution in [2.75, 3.05) is 32.8 Å². The number of likely N-dealkylation sites (tertiary alicyclic amines) is 1. The number of hydrogen-bond donors (Lipinski definition) is 0. The lowest BCUT2D eigenvalue weighted by atomic mass is 9.89. The number of carbonyl (C=O) groups is 1. The molecule has 162 valence electrons. The van der Waals surface area contributed by atoms with Gasteiger partial charge in [-0.3, -0.25) is 4.79 Å². The second-order valence-corrected chi connectivity index (χ2v) is 10.2. The zero-order valence-corrected chi connectivity index (χ0v) is 18.5. The molecule has 0 N–H and O–H groups in total. The molecule has 2 aliphatic rings. The first-order valence-corrected chi connectivity index (χ1v) is 11.6. The smallest absolute Gasteiger partial charge is 0.262 e. The number of sulfonamides is 1. The Balaban J connectivity index is 1.46. The van der Waals surface area contributed by atoms with E-state index in [-0.39, 0.29) is 17.5 Å². The van der Waals surface area contributed by atoms with E-state index >= 15 is 0 Å². The Hall–Kier alpha value is -2.23. The third kappa shape index (κ3) is 3.89. The molecule has 1 aromatic heterocycles. The number of carbonyl (C=O) groups excluding carboxylic acids is 1. The predicted molar refractivity (Wildman–Crippen MR) is 112 cm³/mol. The van der Waals surface area contributed by atoms with Gasteiger partial charge in [0, 0.05) is 45.0 Å². The maximum absolute atomic E-state index is 13.0. The van der Waals surface area contributed by atoms with E-state index in [1.165, 1.54) is 16.8 Å². The molecule has 0 aliphatic carbocycles. The van der Waals surface area contributed by atoms with Crippen LogP contribution in [0.2, 0.25) is 0 Å². The standard InChI is InChI=1S/C21H28N4O4S/c1-16-4-5-17(2)18(12-16)20(26)24-8-6-21(7-9-24)14-25(10-11-29-21)30(27,28)19-13-23(3)15-22-19/h4-5,12-13,15H,6-11,14H2,1-3H3. The van der Waals surface area contributed by atoms with Crippen molar-refractivity contribution in [3.8, 4) is 0 Å². The third-order valence-electron chi connectivity index (χ3n) is 6.08. The number of morpholine rings is 1. The minimum Gasteiger partial charge on any atom is -0.372 e. The Morgan fingerprint density at radius 1 is 1.17 bits per heavy atom. The monoisotopic (exact) mass is 432 g/mol. The summed E-state index contributed by atoms with van der Waals surface area (Å²) in [4.78, 5) is 18.9. The summed E-state index contributed by atoms with van der Waals surface area (Å²) in [6.45, 7) is 5.96. The molecule has 1 spiro atoms. The van der Waals surface area contributed by atoms with Gasteiger partial charge < -0.3 is 14.2 Å². The van der Waals surface area contributed by atoms with E-state index < -0.39 is 15.6 Å². The zero-order valence-electron chi connectivity index (χ0n) is 17.7. The Morgan fingerprint density at radius 3 is 2.57 bits per heavy atom. The summed E-state index contributed by atoms with van der Waals surface area (Å²) in [5.74, 6) is 0.0276. The van der Waals surface area contributed by atoms with Gasteiger partial charge in [0.05, 0.1) is 18.5 Å². The van der Waals surface area contributed by atoms with Crippen molar-refractivity contribution in [2.45, 2.75) is 37.3 Å². The predicted octanol–water partition coefficient (Wildman–Crippen LogP) is 1.73. The number of ether oxygens (including phenoxy) is 1. The van der Waals surface area contributed by atoms with Gasteiger partial charge >= 0.3 is 0 Å². The Kier molecular flexibility index (Phi) is 5.46. The molecule has 2 aromatic rings. The second kappa shape index (κ2) is 7.79. The lowest BCUT2D eigenvalue weighted by Crippen LogP contribution is -2.58. The molecule has 9 heteroatoms. The normalized spacial score (nSPS) is 19.9. The minimum atomic E-state index is -3.66. The summed E-state index contributed by atoms with van der Waals surface area (Å²) in [6.07, 6.45) is 4.22. The Morgan fingerprint density at radius 2 is 1.90 bits per heavy atom. The first-order valence-electron chi connectivity index (χ1n) is 10.2. The quantitative estimate of drug-likeness (QED) is 0.738. The van der Waals surface area contributed by atoms with Gasteiger partial charge in [-0.1, -0.05) is 17.7 Å². The molecule has 0 unspecified atom stereocenters. The maximum atomic E-state index is 13.0. The highest BCUT2D eigenvalue weighted by Crippen LogP contribution is 2.33. The van der Waals surface area contributed by atoms with Gasteiger partial charge in [-0.15, -0.1) is 0 Å². The van der Waals surface area contributed by atoms with Crippen LogP contribution in [-0.2, 0) is 21.8 Å². The molecule has 1 amide bonds. The third-order valence-corrected chi connectivity index (χ3v) is 7.82. The number of rotatable bonds is 3. The lowest BCUT2D eigenvalue weighted by Gasteiger charge is -2.46. The fraction of sp³-hybridized carbons (Fsp3) is 0.524. The number of hydrogen-bond acceptors (Lipinski definition) is 5. The van der Waals surface area contributed by atoms with Crippen LogP contribution < -0.4 is 0 Å². The van der Waals surface area contributed by atoms with Gasteiger partial charge in [0.25, 0.3) is 15.9 Å². The fourth-order valence-corrected chi connectivity index (χ4v) is 5.69. The van der Waals surface area contributed by atoms with E-state index in [2.05, 4.69) is 4.98 Å². The molecule has 2 aliphatic heterocycles. The Labute approximate surface area is 177 Å². The van der Waals surface area contributed by atoms with Crippen molar-refractivity contribution in [3.05, 3.63) is 47.4 Å². The lowest BCUT2D eigenvalue weighted by molar-refractivity contribution is -0.115. The number of piperidine rings is 1. The number of imidazole rings is 1. The van der Waals surface area contributed by atoms with Crippen LogP contribution in [0, 0.1) is 13.8 Å². The van der Waals surface area contributed by atoms with Crippen molar-refractivity contribution in [1.82, 2.24) is 18.8 Å². The van der Waals surface area contributed by atoms with Crippen molar-refractivity contribution in [2.24, 2.45) is 7.05 Å². The molecule has 0 saturated carbocycles. The van der Waals surface area contributed by atoms with Gasteiger partial charge in [0.1, 0.15) is 0 Å². The van der Waals surface area contributed by atoms with Crippen LogP contribution >= 0.6 is 0 Å². The van der Waals surface area contributed by atoms with Crippen molar-refractivity contribution in [3.63, 3.8) is 0 Å². The number of nitrogens with zero attached hydrogens (tertiary/aromatic N) is 4. The number of aryl methyl sites for hydroxylation is 3. The number of aromatic nitrogens is 2. The highest BCUT2D eigenvalue weighted by atomic mass is 32.2. The summed E-state index contributed by atoms with van der Waals surface area (Å²) in [7, 11) is -1.91. The molecule has 0 bridgehead atoms. The van der Waals surface area contributed by atoms with Crippen LogP contribution in [-0.4, -0.2) is 71.5 Å². The van der Waals surface area contributed by atoms with Crippen molar-refractivity contribution in [1.29, 1.82) is 0 Å². The van der Waals surface area contributed by atoms with E-state index in [9.17, 15) is 13.2 Å². The van der Waals surface area contributed by atoms with E-state index in [0.29, 0.717) is 39.1 Å². The van der Waals surface area contributed by atoms with Crippen LogP contribution in [0.5, 0.6) is 0 Å². The minimum absolute atomic E-state index is 0.0276. The Bertz CT molecular complexity index is 1050. The molecule has 8 nitrogen and oxygen atoms in total. The summed E-state index contributed by atoms with van der Waals surface area (Å²) >= 11 is 0. The van der Waals surface area contributed by atoms with E-state index in [0.717, 1.165) is 16.7 Å². The molecule has 0 atom stereocenters. The molecule has 4 rings (SSSR count). The average molecular weight is 433 g/mol. The van der Waals surface area contributed by atoms with Crippen LogP contribution in [0.4, 0.5) is 0 Å². The molecular weight excluding hydrogens is 404 g/mol. The summed E-state index contributed by atoms with van der Waals surface area (Å²) in [6, 6.07) is 5.91. The van der Waals surface area contributed by atoms with Crippen LogP contribution in [0.25, 0.3) is 0 Å². The SMILES string of the molecule is Cc1ccc(C)c(C(=O)N2CCC3(CC2)CN(S(=O)(=O)c2cn(C)cn2)CCO3)c1. The fourth-order valence-electron chi connectivity index (χ4n) is 4.23. The van der Waals surface area contributed by atoms with E-state index in [1.807, 2.05) is 36.9 Å². The topological polar surface area (TPSA) is 84.7 Å². The molecule has 1 aromatic carbocycles. The van der Waals surface area contributed by atoms with E-state index in [4.69, 9.17) is 4.74 Å². The van der Waals surface area contributed by atoms with Gasteiger partial charge in [0.15, 0.2) is 5.03 Å². The van der Waals surface area contributed by atoms with E-state index in [1.54, 1.807) is 11.6 Å². The summed E-state index contributed by atoms with van der Waals surface area (Å²) in [5.41, 5.74) is 2.20. The molecule has 30 heavy (non-hydrogen) atoms. The first-order chi connectivity index (χ1) is 14.2.